The van der Waals surface area contributed by atoms with Gasteiger partial charge in [0.2, 0.25) is 0 Å². The minimum Gasteiger partial charge on any atom is -0.494 e. The summed E-state index contributed by atoms with van der Waals surface area (Å²) in [6, 6.07) is 9.21. The normalized spacial score (nSPS) is 24.5. The third-order valence-corrected chi connectivity index (χ3v) is 5.12. The van der Waals surface area contributed by atoms with Gasteiger partial charge in [0.15, 0.2) is 0 Å². The van der Waals surface area contributed by atoms with Crippen molar-refractivity contribution in [1.82, 2.24) is 5.32 Å². The molecule has 1 spiro atoms. The summed E-state index contributed by atoms with van der Waals surface area (Å²) in [5.74, 6) is 0.990. The number of piperazine rings is 1. The average molecular weight is 288 g/mol. The molecule has 21 heavy (non-hydrogen) atoms. The molecule has 116 valence electrons. The first-order valence-corrected chi connectivity index (χ1v) is 8.51. The molecule has 3 nitrogen and oxygen atoms in total. The van der Waals surface area contributed by atoms with Crippen LogP contribution in [-0.4, -0.2) is 31.3 Å². The number of rotatable bonds is 4. The van der Waals surface area contributed by atoms with Crippen molar-refractivity contribution in [1.29, 1.82) is 0 Å². The predicted octanol–water partition coefficient (Wildman–Crippen LogP) is 3.59. The first-order valence-electron chi connectivity index (χ1n) is 8.51. The SMILES string of the molecule is CCOc1cccc(N2CC3(CCCC3)NCC2CC)c1. The average Bonchev–Trinajstić information content (AvgIpc) is 2.96. The van der Waals surface area contributed by atoms with Crippen molar-refractivity contribution in [2.75, 3.05) is 24.6 Å². The second-order valence-corrected chi connectivity index (χ2v) is 6.49. The maximum atomic E-state index is 5.68. The lowest BCUT2D eigenvalue weighted by atomic mass is 9.91. The molecule has 1 aromatic carbocycles. The van der Waals surface area contributed by atoms with E-state index in [4.69, 9.17) is 4.74 Å². The van der Waals surface area contributed by atoms with Crippen LogP contribution in [0.2, 0.25) is 0 Å². The molecule has 0 amide bonds. The molecule has 2 fully saturated rings. The van der Waals surface area contributed by atoms with Crippen LogP contribution in [0.1, 0.15) is 46.0 Å². The third-order valence-electron chi connectivity index (χ3n) is 5.12. The van der Waals surface area contributed by atoms with Crippen LogP contribution in [0, 0.1) is 0 Å². The van der Waals surface area contributed by atoms with Crippen molar-refractivity contribution in [3.05, 3.63) is 24.3 Å². The fourth-order valence-corrected chi connectivity index (χ4v) is 3.93. The van der Waals surface area contributed by atoms with E-state index in [0.29, 0.717) is 11.6 Å². The molecule has 0 aromatic heterocycles. The van der Waals surface area contributed by atoms with E-state index in [2.05, 4.69) is 41.4 Å². The molecule has 1 aromatic rings. The standard InChI is InChI=1S/C18H28N2O/c1-3-15-13-19-18(10-5-6-11-18)14-20(15)16-8-7-9-17(12-16)21-4-2/h7-9,12,15,19H,3-6,10-11,13-14H2,1-2H3. The maximum absolute atomic E-state index is 5.68. The zero-order chi connectivity index (χ0) is 14.7. The minimum absolute atomic E-state index is 0.354. The molecule has 0 bridgehead atoms. The number of hydrogen-bond acceptors (Lipinski definition) is 3. The summed E-state index contributed by atoms with van der Waals surface area (Å²) in [4.78, 5) is 2.62. The van der Waals surface area contributed by atoms with Gasteiger partial charge in [-0.3, -0.25) is 0 Å². The Hall–Kier alpha value is -1.22. The molecular weight excluding hydrogens is 260 g/mol. The van der Waals surface area contributed by atoms with Crippen molar-refractivity contribution in [2.45, 2.75) is 57.5 Å². The summed E-state index contributed by atoms with van der Waals surface area (Å²) in [5, 5.41) is 3.86. The van der Waals surface area contributed by atoms with Gasteiger partial charge in [-0.2, -0.15) is 0 Å². The van der Waals surface area contributed by atoms with Crippen LogP contribution in [0.4, 0.5) is 5.69 Å². The smallest absolute Gasteiger partial charge is 0.121 e. The lowest BCUT2D eigenvalue weighted by Gasteiger charge is -2.47. The van der Waals surface area contributed by atoms with Crippen LogP contribution in [-0.2, 0) is 0 Å². The first kappa shape index (κ1) is 14.7. The number of anilines is 1. The lowest BCUT2D eigenvalue weighted by molar-refractivity contribution is 0.267. The molecule has 3 heteroatoms. The van der Waals surface area contributed by atoms with E-state index in [9.17, 15) is 0 Å². The van der Waals surface area contributed by atoms with Crippen molar-refractivity contribution in [2.24, 2.45) is 0 Å². The zero-order valence-corrected chi connectivity index (χ0v) is 13.4. The molecule has 1 heterocycles. The molecule has 3 rings (SSSR count). The van der Waals surface area contributed by atoms with Gasteiger partial charge in [-0.25, -0.2) is 0 Å². The van der Waals surface area contributed by atoms with Crippen molar-refractivity contribution < 1.29 is 4.74 Å². The fraction of sp³-hybridized carbons (Fsp3) is 0.667. The van der Waals surface area contributed by atoms with Gasteiger partial charge >= 0.3 is 0 Å². The van der Waals surface area contributed by atoms with Crippen LogP contribution in [0.5, 0.6) is 5.75 Å². The molecule has 2 aliphatic rings. The maximum Gasteiger partial charge on any atom is 0.121 e. The van der Waals surface area contributed by atoms with Gasteiger partial charge in [-0.05, 0) is 38.3 Å². The fourth-order valence-electron chi connectivity index (χ4n) is 3.93. The van der Waals surface area contributed by atoms with E-state index in [-0.39, 0.29) is 0 Å². The van der Waals surface area contributed by atoms with Gasteiger partial charge in [0.05, 0.1) is 6.61 Å². The van der Waals surface area contributed by atoms with Crippen molar-refractivity contribution >= 4 is 5.69 Å². The Morgan fingerprint density at radius 2 is 2.10 bits per heavy atom. The summed E-state index contributed by atoms with van der Waals surface area (Å²) < 4.78 is 5.68. The number of nitrogens with one attached hydrogen (secondary N) is 1. The van der Waals surface area contributed by atoms with Crippen LogP contribution in [0.3, 0.4) is 0 Å². The largest absolute Gasteiger partial charge is 0.494 e. The van der Waals surface area contributed by atoms with E-state index in [1.165, 1.54) is 37.8 Å². The number of hydrogen-bond donors (Lipinski definition) is 1. The third kappa shape index (κ3) is 3.03. The van der Waals surface area contributed by atoms with E-state index in [1.807, 2.05) is 6.92 Å². The van der Waals surface area contributed by atoms with Gasteiger partial charge < -0.3 is 15.0 Å². The highest BCUT2D eigenvalue weighted by Gasteiger charge is 2.40. The van der Waals surface area contributed by atoms with Crippen LogP contribution >= 0.6 is 0 Å². The molecule has 1 saturated heterocycles. The Bertz CT molecular complexity index is 468. The molecule has 0 radical (unpaired) electrons. The lowest BCUT2D eigenvalue weighted by Crippen LogP contribution is -2.63. The number of ether oxygens (including phenoxy) is 1. The molecule has 1 unspecified atom stereocenters. The van der Waals surface area contributed by atoms with Gasteiger partial charge in [0, 0.05) is 36.4 Å². The molecule has 1 aliphatic heterocycles. The van der Waals surface area contributed by atoms with Gasteiger partial charge in [-0.15, -0.1) is 0 Å². The van der Waals surface area contributed by atoms with Gasteiger partial charge in [0.25, 0.3) is 0 Å². The molecule has 1 atom stereocenters. The van der Waals surface area contributed by atoms with E-state index in [1.54, 1.807) is 0 Å². The topological polar surface area (TPSA) is 24.5 Å². The Balaban J connectivity index is 1.83. The molecular formula is C18H28N2O. The summed E-state index contributed by atoms with van der Waals surface area (Å²) in [7, 11) is 0. The molecule has 1 N–H and O–H groups in total. The summed E-state index contributed by atoms with van der Waals surface area (Å²) >= 11 is 0. The highest BCUT2D eigenvalue weighted by Crippen LogP contribution is 2.36. The van der Waals surface area contributed by atoms with E-state index >= 15 is 0 Å². The minimum atomic E-state index is 0.354. The number of benzene rings is 1. The summed E-state index contributed by atoms with van der Waals surface area (Å²) in [6.07, 6.45) is 6.57. The Morgan fingerprint density at radius 3 is 2.81 bits per heavy atom. The van der Waals surface area contributed by atoms with Crippen LogP contribution in [0.25, 0.3) is 0 Å². The summed E-state index contributed by atoms with van der Waals surface area (Å²) in [5.41, 5.74) is 1.67. The zero-order valence-electron chi connectivity index (χ0n) is 13.4. The van der Waals surface area contributed by atoms with Crippen LogP contribution < -0.4 is 15.0 Å². The van der Waals surface area contributed by atoms with E-state index < -0.39 is 0 Å². The number of nitrogens with zero attached hydrogens (tertiary/aromatic N) is 1. The second kappa shape index (κ2) is 6.27. The Labute approximate surface area is 128 Å². The van der Waals surface area contributed by atoms with Crippen LogP contribution in [0.15, 0.2) is 24.3 Å². The second-order valence-electron chi connectivity index (χ2n) is 6.49. The predicted molar refractivity (Wildman–Crippen MR) is 88.2 cm³/mol. The summed E-state index contributed by atoms with van der Waals surface area (Å²) in [6.45, 7) is 7.31. The monoisotopic (exact) mass is 288 g/mol. The van der Waals surface area contributed by atoms with Crippen molar-refractivity contribution in [3.8, 4) is 5.75 Å². The first-order chi connectivity index (χ1) is 10.3. The molecule has 1 saturated carbocycles. The van der Waals surface area contributed by atoms with E-state index in [0.717, 1.165) is 25.4 Å². The quantitative estimate of drug-likeness (QED) is 0.916. The highest BCUT2D eigenvalue weighted by atomic mass is 16.5. The Morgan fingerprint density at radius 1 is 1.29 bits per heavy atom. The van der Waals surface area contributed by atoms with Gasteiger partial charge in [-0.1, -0.05) is 25.8 Å². The van der Waals surface area contributed by atoms with Gasteiger partial charge in [0.1, 0.15) is 5.75 Å². The highest BCUT2D eigenvalue weighted by molar-refractivity contribution is 5.52. The van der Waals surface area contributed by atoms with Crippen molar-refractivity contribution in [3.63, 3.8) is 0 Å². The Kier molecular flexibility index (Phi) is 4.39. The molecule has 1 aliphatic carbocycles.